The van der Waals surface area contributed by atoms with Crippen LogP contribution in [-0.4, -0.2) is 69.4 Å². The van der Waals surface area contributed by atoms with Gasteiger partial charge in [0.15, 0.2) is 0 Å². The minimum absolute atomic E-state index is 0.304. The SMILES string of the molecule is OC1CCO[P](O)(N(CCCl)CCCl)N1CCCl. The molecule has 0 aromatic carbocycles. The molecule has 1 saturated heterocycles. The maximum Gasteiger partial charge on any atom is 0.248 e. The van der Waals surface area contributed by atoms with Crippen molar-refractivity contribution in [3.05, 3.63) is 0 Å². The lowest BCUT2D eigenvalue weighted by atomic mass is 10.4. The number of alkyl halides is 3. The first-order valence-electron chi connectivity index (χ1n) is 5.75. The van der Waals surface area contributed by atoms with Gasteiger partial charge in [-0.25, -0.2) is 9.34 Å². The van der Waals surface area contributed by atoms with Gasteiger partial charge in [-0.05, 0) is 0 Å². The van der Waals surface area contributed by atoms with E-state index in [1.165, 1.54) is 4.67 Å². The van der Waals surface area contributed by atoms with E-state index in [4.69, 9.17) is 39.3 Å². The third kappa shape index (κ3) is 4.05. The summed E-state index contributed by atoms with van der Waals surface area (Å²) < 4.78 is 8.79. The molecule has 1 rings (SSSR count). The van der Waals surface area contributed by atoms with Crippen molar-refractivity contribution in [2.45, 2.75) is 12.6 Å². The van der Waals surface area contributed by atoms with Crippen molar-refractivity contribution >= 4 is 42.8 Å². The molecule has 0 aromatic heterocycles. The Morgan fingerprint density at radius 1 is 1.22 bits per heavy atom. The van der Waals surface area contributed by atoms with E-state index in [0.717, 1.165) is 0 Å². The summed E-state index contributed by atoms with van der Waals surface area (Å²) in [7, 11) is -3.03. The smallest absolute Gasteiger partial charge is 0.248 e. The number of hydrogen-bond acceptors (Lipinski definition) is 5. The molecule has 1 aliphatic heterocycles. The molecule has 18 heavy (non-hydrogen) atoms. The zero-order valence-electron chi connectivity index (χ0n) is 10.0. The molecule has 5 nitrogen and oxygen atoms in total. The van der Waals surface area contributed by atoms with E-state index in [1.54, 1.807) is 4.67 Å². The van der Waals surface area contributed by atoms with Crippen molar-refractivity contribution < 1.29 is 14.5 Å². The summed E-state index contributed by atoms with van der Waals surface area (Å²) in [4.78, 5) is 10.8. The quantitative estimate of drug-likeness (QED) is 0.546. The van der Waals surface area contributed by atoms with Gasteiger partial charge < -0.3 is 14.5 Å². The summed E-state index contributed by atoms with van der Waals surface area (Å²) in [5.74, 6) is 1.01. The van der Waals surface area contributed by atoms with Gasteiger partial charge in [0, 0.05) is 43.7 Å². The minimum atomic E-state index is -3.03. The predicted molar refractivity (Wildman–Crippen MR) is 76.2 cm³/mol. The number of hydrogen-bond donors (Lipinski definition) is 2. The Kier molecular flexibility index (Phi) is 8.01. The molecule has 1 heterocycles. The van der Waals surface area contributed by atoms with Gasteiger partial charge in [0.25, 0.3) is 0 Å². The van der Waals surface area contributed by atoms with Gasteiger partial charge >= 0.3 is 0 Å². The first-order valence-corrected chi connectivity index (χ1v) is 8.92. The van der Waals surface area contributed by atoms with E-state index in [2.05, 4.69) is 0 Å². The molecule has 9 heteroatoms. The maximum absolute atomic E-state index is 10.8. The molecular formula is C9H19Cl3N2O3P. The van der Waals surface area contributed by atoms with E-state index in [0.29, 0.717) is 50.3 Å². The van der Waals surface area contributed by atoms with Crippen molar-refractivity contribution in [1.29, 1.82) is 0 Å². The van der Waals surface area contributed by atoms with Gasteiger partial charge in [-0.3, -0.25) is 0 Å². The van der Waals surface area contributed by atoms with E-state index < -0.39 is 14.2 Å². The van der Waals surface area contributed by atoms with Gasteiger partial charge in [0.05, 0.1) is 6.61 Å². The van der Waals surface area contributed by atoms with Crippen LogP contribution in [0.25, 0.3) is 0 Å². The lowest BCUT2D eigenvalue weighted by Gasteiger charge is -2.50. The molecule has 2 unspecified atom stereocenters. The van der Waals surface area contributed by atoms with Crippen LogP contribution < -0.4 is 0 Å². The molecule has 2 N–H and O–H groups in total. The zero-order valence-corrected chi connectivity index (χ0v) is 13.2. The standard InChI is InChI=1S/C9H19Cl3N2O3P/c10-2-5-13(6-3-11)18(16)14(7-4-12)9(15)1-8-17-18/h9,15-16H,1-8H2. The average Bonchev–Trinajstić information content (AvgIpc) is 2.34. The summed E-state index contributed by atoms with van der Waals surface area (Å²) in [5.41, 5.74) is 0. The van der Waals surface area contributed by atoms with Crippen LogP contribution in [0.3, 0.4) is 0 Å². The number of nitrogens with zero attached hydrogens (tertiary/aromatic N) is 2. The zero-order chi connectivity index (χ0) is 13.6. The number of aliphatic hydroxyl groups excluding tert-OH is 1. The highest BCUT2D eigenvalue weighted by Crippen LogP contribution is 2.64. The highest BCUT2D eigenvalue weighted by molar-refractivity contribution is 7.60. The third-order valence-corrected chi connectivity index (χ3v) is 6.00. The normalized spacial score (nSPS) is 30.0. The average molecular weight is 341 g/mol. The molecule has 0 aromatic rings. The van der Waals surface area contributed by atoms with Gasteiger partial charge in [0.2, 0.25) is 8.02 Å². The Morgan fingerprint density at radius 3 is 2.33 bits per heavy atom. The van der Waals surface area contributed by atoms with Gasteiger partial charge in [-0.15, -0.1) is 34.8 Å². The third-order valence-electron chi connectivity index (χ3n) is 2.69. The Labute approximate surface area is 123 Å². The predicted octanol–water partition coefficient (Wildman–Crippen LogP) is 1.72. The lowest BCUT2D eigenvalue weighted by molar-refractivity contribution is -0.0121. The van der Waals surface area contributed by atoms with Crippen LogP contribution in [0.1, 0.15) is 6.42 Å². The summed E-state index contributed by atoms with van der Waals surface area (Å²) >= 11 is 17.2. The molecule has 0 spiro atoms. The highest BCUT2D eigenvalue weighted by atomic mass is 35.5. The molecule has 1 fully saturated rings. The fourth-order valence-electron chi connectivity index (χ4n) is 1.85. The molecule has 0 bridgehead atoms. The van der Waals surface area contributed by atoms with Crippen molar-refractivity contribution in [3.63, 3.8) is 0 Å². The summed E-state index contributed by atoms with van der Waals surface area (Å²) in [6, 6.07) is 0. The second-order valence-electron chi connectivity index (χ2n) is 3.80. The Hall–Kier alpha value is 1.10. The number of aliphatic hydroxyl groups is 1. The molecule has 0 aliphatic carbocycles. The van der Waals surface area contributed by atoms with E-state index in [1.807, 2.05) is 0 Å². The van der Waals surface area contributed by atoms with Crippen molar-refractivity contribution in [1.82, 2.24) is 9.34 Å². The van der Waals surface area contributed by atoms with Crippen LogP contribution in [0.2, 0.25) is 0 Å². The van der Waals surface area contributed by atoms with Gasteiger partial charge in [-0.2, -0.15) is 0 Å². The fourth-order valence-corrected chi connectivity index (χ4v) is 5.33. The van der Waals surface area contributed by atoms with Crippen LogP contribution in [0.5, 0.6) is 0 Å². The molecule has 1 aliphatic rings. The van der Waals surface area contributed by atoms with Crippen LogP contribution in [0, 0.1) is 0 Å². The van der Waals surface area contributed by atoms with Gasteiger partial charge in [-0.1, -0.05) is 0 Å². The largest absolute Gasteiger partial charge is 0.378 e. The van der Waals surface area contributed by atoms with Crippen molar-refractivity contribution in [3.8, 4) is 0 Å². The Morgan fingerprint density at radius 2 is 1.83 bits per heavy atom. The minimum Gasteiger partial charge on any atom is -0.378 e. The van der Waals surface area contributed by atoms with E-state index in [-0.39, 0.29) is 0 Å². The Balaban J connectivity index is 2.87. The Bertz CT molecular complexity index is 249. The number of rotatable bonds is 7. The first kappa shape index (κ1) is 17.2. The van der Waals surface area contributed by atoms with Gasteiger partial charge in [0.1, 0.15) is 6.23 Å². The molecule has 2 atom stereocenters. The molecular weight excluding hydrogens is 321 g/mol. The van der Waals surface area contributed by atoms with Crippen molar-refractivity contribution in [2.24, 2.45) is 0 Å². The highest BCUT2D eigenvalue weighted by Gasteiger charge is 2.46. The summed E-state index contributed by atoms with van der Waals surface area (Å²) in [6.45, 7) is 1.56. The van der Waals surface area contributed by atoms with Crippen LogP contribution in [0.4, 0.5) is 0 Å². The summed E-state index contributed by atoms with van der Waals surface area (Å²) in [6.07, 6.45) is -0.293. The molecule has 0 saturated carbocycles. The molecule has 1 radical (unpaired) electrons. The topological polar surface area (TPSA) is 56.2 Å². The van der Waals surface area contributed by atoms with Crippen LogP contribution in [0.15, 0.2) is 0 Å². The van der Waals surface area contributed by atoms with Crippen LogP contribution in [-0.2, 0) is 4.52 Å². The van der Waals surface area contributed by atoms with E-state index >= 15 is 0 Å². The number of halogens is 3. The summed E-state index contributed by atoms with van der Waals surface area (Å²) in [5, 5.41) is 9.98. The lowest BCUT2D eigenvalue weighted by Crippen LogP contribution is -2.48. The molecule has 109 valence electrons. The van der Waals surface area contributed by atoms with Crippen LogP contribution >= 0.6 is 42.8 Å². The first-order chi connectivity index (χ1) is 8.60. The monoisotopic (exact) mass is 339 g/mol. The maximum atomic E-state index is 10.8. The van der Waals surface area contributed by atoms with E-state index in [9.17, 15) is 10.00 Å². The second-order valence-corrected chi connectivity index (χ2v) is 7.30. The second kappa shape index (κ2) is 8.40. The fraction of sp³-hybridized carbons (Fsp3) is 1.00. The molecule has 0 amide bonds. The van der Waals surface area contributed by atoms with Crippen molar-refractivity contribution in [2.75, 3.05) is 43.9 Å².